The molecule has 92 valence electrons. The predicted octanol–water partition coefficient (Wildman–Crippen LogP) is 2.87. The Kier molecular flexibility index (Phi) is 2.97. The zero-order chi connectivity index (χ0) is 11.0. The second-order valence-electron chi connectivity index (χ2n) is 6.30. The molecule has 3 rings (SSSR count). The zero-order valence-electron chi connectivity index (χ0n) is 10.4. The third-order valence-electron chi connectivity index (χ3n) is 5.19. The van der Waals surface area contributed by atoms with Gasteiger partial charge in [0.05, 0.1) is 19.8 Å². The Morgan fingerprint density at radius 3 is 2.62 bits per heavy atom. The molecule has 0 N–H and O–H groups in total. The molecule has 3 fully saturated rings. The maximum absolute atomic E-state index is 5.99. The Morgan fingerprint density at radius 1 is 1.25 bits per heavy atom. The molecule has 1 heterocycles. The summed E-state index contributed by atoms with van der Waals surface area (Å²) in [6.45, 7) is 6.03. The largest absolute Gasteiger partial charge is 0.380 e. The fourth-order valence-electron chi connectivity index (χ4n) is 3.79. The molecular formula is C14H24O2. The summed E-state index contributed by atoms with van der Waals surface area (Å²) in [7, 11) is 0. The number of ether oxygens (including phenoxy) is 2. The molecular weight excluding hydrogens is 200 g/mol. The van der Waals surface area contributed by atoms with Gasteiger partial charge in [0.1, 0.15) is 0 Å². The van der Waals surface area contributed by atoms with Crippen LogP contribution >= 0.6 is 0 Å². The third kappa shape index (κ3) is 1.91. The second-order valence-corrected chi connectivity index (χ2v) is 6.30. The molecule has 2 bridgehead atoms. The van der Waals surface area contributed by atoms with E-state index in [2.05, 4.69) is 6.92 Å². The third-order valence-corrected chi connectivity index (χ3v) is 5.19. The molecule has 0 amide bonds. The van der Waals surface area contributed by atoms with Crippen LogP contribution in [0.1, 0.15) is 39.0 Å². The standard InChI is InChI=1S/C14H24O2/c1-2-14(9-16-10-14)8-15-7-13-6-11-3-4-12(13)5-11/h11-13H,2-10H2,1H3. The summed E-state index contributed by atoms with van der Waals surface area (Å²) >= 11 is 0. The van der Waals surface area contributed by atoms with Crippen molar-refractivity contribution in [1.82, 2.24) is 0 Å². The summed E-state index contributed by atoms with van der Waals surface area (Å²) in [6.07, 6.45) is 7.11. The molecule has 0 spiro atoms. The van der Waals surface area contributed by atoms with Crippen molar-refractivity contribution in [3.05, 3.63) is 0 Å². The van der Waals surface area contributed by atoms with Crippen molar-refractivity contribution in [2.75, 3.05) is 26.4 Å². The fraction of sp³-hybridized carbons (Fsp3) is 1.00. The highest BCUT2D eigenvalue weighted by atomic mass is 16.5. The Bertz CT molecular complexity index is 242. The zero-order valence-corrected chi connectivity index (χ0v) is 10.4. The highest BCUT2D eigenvalue weighted by Crippen LogP contribution is 2.48. The molecule has 0 aromatic carbocycles. The summed E-state index contributed by atoms with van der Waals surface area (Å²) in [5.74, 6) is 2.93. The van der Waals surface area contributed by atoms with Gasteiger partial charge in [-0.2, -0.15) is 0 Å². The van der Waals surface area contributed by atoms with Crippen LogP contribution in [0.2, 0.25) is 0 Å². The lowest BCUT2D eigenvalue weighted by molar-refractivity contribution is -0.153. The molecule has 2 heteroatoms. The molecule has 2 aliphatic carbocycles. The van der Waals surface area contributed by atoms with Gasteiger partial charge in [-0.25, -0.2) is 0 Å². The van der Waals surface area contributed by atoms with E-state index < -0.39 is 0 Å². The summed E-state index contributed by atoms with van der Waals surface area (Å²) in [5.41, 5.74) is 0.373. The molecule has 0 aromatic rings. The molecule has 3 unspecified atom stereocenters. The van der Waals surface area contributed by atoms with Crippen LogP contribution in [0, 0.1) is 23.2 Å². The van der Waals surface area contributed by atoms with E-state index in [-0.39, 0.29) is 0 Å². The molecule has 0 radical (unpaired) electrons. The van der Waals surface area contributed by atoms with E-state index in [1.165, 1.54) is 32.1 Å². The van der Waals surface area contributed by atoms with Crippen LogP contribution in [0.4, 0.5) is 0 Å². The van der Waals surface area contributed by atoms with Crippen LogP contribution in [0.3, 0.4) is 0 Å². The lowest BCUT2D eigenvalue weighted by atomic mass is 9.84. The van der Waals surface area contributed by atoms with E-state index in [1.54, 1.807) is 0 Å². The number of hydrogen-bond acceptors (Lipinski definition) is 2. The minimum atomic E-state index is 0.373. The highest BCUT2D eigenvalue weighted by molar-refractivity contribution is 4.90. The van der Waals surface area contributed by atoms with E-state index in [0.29, 0.717) is 5.41 Å². The summed E-state index contributed by atoms with van der Waals surface area (Å²) in [4.78, 5) is 0. The van der Waals surface area contributed by atoms with Crippen LogP contribution in [-0.4, -0.2) is 26.4 Å². The average molecular weight is 224 g/mol. The maximum atomic E-state index is 5.99. The molecule has 1 aliphatic heterocycles. The van der Waals surface area contributed by atoms with E-state index >= 15 is 0 Å². The van der Waals surface area contributed by atoms with Gasteiger partial charge in [-0.3, -0.25) is 0 Å². The molecule has 16 heavy (non-hydrogen) atoms. The quantitative estimate of drug-likeness (QED) is 0.715. The molecule has 1 saturated heterocycles. The van der Waals surface area contributed by atoms with Crippen LogP contribution in [0.15, 0.2) is 0 Å². The molecule has 2 nitrogen and oxygen atoms in total. The summed E-state index contributed by atoms with van der Waals surface area (Å²) in [6, 6.07) is 0. The van der Waals surface area contributed by atoms with Crippen LogP contribution in [0.5, 0.6) is 0 Å². The van der Waals surface area contributed by atoms with Gasteiger partial charge >= 0.3 is 0 Å². The smallest absolute Gasteiger partial charge is 0.0566 e. The van der Waals surface area contributed by atoms with Gasteiger partial charge in [0.15, 0.2) is 0 Å². The van der Waals surface area contributed by atoms with Gasteiger partial charge in [-0.1, -0.05) is 13.3 Å². The monoisotopic (exact) mass is 224 g/mol. The van der Waals surface area contributed by atoms with Crippen molar-refractivity contribution in [3.63, 3.8) is 0 Å². The fourth-order valence-corrected chi connectivity index (χ4v) is 3.79. The Hall–Kier alpha value is -0.0800. The van der Waals surface area contributed by atoms with Crippen molar-refractivity contribution in [1.29, 1.82) is 0 Å². The lowest BCUT2D eigenvalue weighted by Gasteiger charge is -2.40. The summed E-state index contributed by atoms with van der Waals surface area (Å²) in [5, 5.41) is 0. The van der Waals surface area contributed by atoms with E-state index in [9.17, 15) is 0 Å². The van der Waals surface area contributed by atoms with Crippen LogP contribution in [-0.2, 0) is 9.47 Å². The van der Waals surface area contributed by atoms with Crippen molar-refractivity contribution in [2.45, 2.75) is 39.0 Å². The normalized spacial score (nSPS) is 39.9. The molecule has 0 aromatic heterocycles. The van der Waals surface area contributed by atoms with Gasteiger partial charge < -0.3 is 9.47 Å². The first-order chi connectivity index (χ1) is 7.81. The van der Waals surface area contributed by atoms with E-state index in [0.717, 1.165) is 44.2 Å². The van der Waals surface area contributed by atoms with Crippen molar-refractivity contribution in [2.24, 2.45) is 23.2 Å². The lowest BCUT2D eigenvalue weighted by Crippen LogP contribution is -2.46. The van der Waals surface area contributed by atoms with E-state index in [4.69, 9.17) is 9.47 Å². The van der Waals surface area contributed by atoms with Gasteiger partial charge in [0, 0.05) is 12.0 Å². The minimum Gasteiger partial charge on any atom is -0.380 e. The predicted molar refractivity (Wildman–Crippen MR) is 63.3 cm³/mol. The van der Waals surface area contributed by atoms with Crippen molar-refractivity contribution < 1.29 is 9.47 Å². The van der Waals surface area contributed by atoms with Gasteiger partial charge in [0.25, 0.3) is 0 Å². The number of rotatable bonds is 5. The summed E-state index contributed by atoms with van der Waals surface area (Å²) < 4.78 is 11.3. The van der Waals surface area contributed by atoms with E-state index in [1.807, 2.05) is 0 Å². The first-order valence-corrected chi connectivity index (χ1v) is 6.97. The van der Waals surface area contributed by atoms with Crippen LogP contribution in [0.25, 0.3) is 0 Å². The van der Waals surface area contributed by atoms with Crippen molar-refractivity contribution in [3.8, 4) is 0 Å². The average Bonchev–Trinajstić information content (AvgIpc) is 2.83. The Labute approximate surface area is 98.7 Å². The molecule has 2 saturated carbocycles. The maximum Gasteiger partial charge on any atom is 0.0566 e. The topological polar surface area (TPSA) is 18.5 Å². The Balaban J connectivity index is 1.40. The highest BCUT2D eigenvalue weighted by Gasteiger charge is 2.41. The van der Waals surface area contributed by atoms with Gasteiger partial charge in [-0.05, 0) is 43.4 Å². The van der Waals surface area contributed by atoms with Gasteiger partial charge in [-0.15, -0.1) is 0 Å². The van der Waals surface area contributed by atoms with Crippen molar-refractivity contribution >= 4 is 0 Å². The van der Waals surface area contributed by atoms with Gasteiger partial charge in [0.2, 0.25) is 0 Å². The number of fused-ring (bicyclic) bond motifs is 2. The SMILES string of the molecule is CCC1(COCC2CC3CCC2C3)COC1. The molecule has 3 aliphatic rings. The first-order valence-electron chi connectivity index (χ1n) is 6.97. The Morgan fingerprint density at radius 2 is 2.12 bits per heavy atom. The number of hydrogen-bond donors (Lipinski definition) is 0. The van der Waals surface area contributed by atoms with Crippen LogP contribution < -0.4 is 0 Å². The second kappa shape index (κ2) is 4.30. The molecule has 3 atom stereocenters. The minimum absolute atomic E-state index is 0.373. The first kappa shape index (κ1) is 11.0.